The highest BCUT2D eigenvalue weighted by Gasteiger charge is 2.41. The number of nitrogens with zero attached hydrogens (tertiary/aromatic N) is 2. The molecule has 0 spiro atoms. The zero-order valence-electron chi connectivity index (χ0n) is 14.8. The van der Waals surface area contributed by atoms with E-state index in [9.17, 15) is 5.26 Å². The Morgan fingerprint density at radius 3 is 2.44 bits per heavy atom. The van der Waals surface area contributed by atoms with Crippen LogP contribution in [-0.4, -0.2) is 12.1 Å². The van der Waals surface area contributed by atoms with Gasteiger partial charge in [0.1, 0.15) is 11.7 Å². The molecule has 2 aromatic rings. The SMILES string of the molecule is COC1(c2nc3c(c(-c4ccccc4)c2C#N)CCCC3)CCCC1. The maximum absolute atomic E-state index is 10.1. The largest absolute Gasteiger partial charge is 0.372 e. The van der Waals surface area contributed by atoms with E-state index in [-0.39, 0.29) is 5.60 Å². The Labute approximate surface area is 149 Å². The summed E-state index contributed by atoms with van der Waals surface area (Å²) in [5.74, 6) is 0. The summed E-state index contributed by atoms with van der Waals surface area (Å²) in [6, 6.07) is 12.9. The molecule has 3 nitrogen and oxygen atoms in total. The molecule has 128 valence electrons. The number of hydrogen-bond donors (Lipinski definition) is 0. The zero-order chi connectivity index (χ0) is 17.3. The van der Waals surface area contributed by atoms with Crippen LogP contribution in [0.1, 0.15) is 61.0 Å². The first-order valence-electron chi connectivity index (χ1n) is 9.36. The van der Waals surface area contributed by atoms with E-state index in [1.807, 2.05) is 18.2 Å². The standard InChI is InChI=1S/C22H24N2O/c1-25-22(13-7-8-14-22)21-18(15-23)20(16-9-3-2-4-10-16)17-11-5-6-12-19(17)24-21/h2-4,9-10H,5-8,11-14H2,1H3. The van der Waals surface area contributed by atoms with Crippen LogP contribution in [0, 0.1) is 11.3 Å². The number of hydrogen-bond acceptors (Lipinski definition) is 3. The minimum absolute atomic E-state index is 0.388. The van der Waals surface area contributed by atoms with Crippen LogP contribution in [0.2, 0.25) is 0 Å². The molecule has 1 aromatic heterocycles. The summed E-state index contributed by atoms with van der Waals surface area (Å²) in [7, 11) is 1.77. The minimum Gasteiger partial charge on any atom is -0.372 e. The lowest BCUT2D eigenvalue weighted by Crippen LogP contribution is -2.29. The van der Waals surface area contributed by atoms with Crippen molar-refractivity contribution in [2.45, 2.75) is 57.0 Å². The van der Waals surface area contributed by atoms with Crippen molar-refractivity contribution in [3.63, 3.8) is 0 Å². The number of methoxy groups -OCH3 is 1. The molecule has 2 aliphatic rings. The summed E-state index contributed by atoms with van der Waals surface area (Å²) < 4.78 is 6.00. The highest BCUT2D eigenvalue weighted by Crippen LogP contribution is 2.45. The molecular weight excluding hydrogens is 308 g/mol. The summed E-state index contributed by atoms with van der Waals surface area (Å²) >= 11 is 0. The molecule has 25 heavy (non-hydrogen) atoms. The van der Waals surface area contributed by atoms with E-state index in [1.165, 1.54) is 24.1 Å². The van der Waals surface area contributed by atoms with Gasteiger partial charge < -0.3 is 4.74 Å². The number of pyridine rings is 1. The maximum atomic E-state index is 10.1. The van der Waals surface area contributed by atoms with Crippen molar-refractivity contribution in [3.8, 4) is 17.2 Å². The molecule has 0 bridgehead atoms. The van der Waals surface area contributed by atoms with Crippen LogP contribution in [0.5, 0.6) is 0 Å². The quantitative estimate of drug-likeness (QED) is 0.802. The second-order valence-electron chi connectivity index (χ2n) is 7.23. The number of fused-ring (bicyclic) bond motifs is 1. The summed E-state index contributed by atoms with van der Waals surface area (Å²) in [6.45, 7) is 0. The molecule has 1 heterocycles. The second kappa shape index (κ2) is 6.61. The van der Waals surface area contributed by atoms with E-state index in [4.69, 9.17) is 9.72 Å². The number of aryl methyl sites for hydroxylation is 1. The summed E-state index contributed by atoms with van der Waals surface area (Å²) in [5, 5.41) is 10.1. The second-order valence-corrected chi connectivity index (χ2v) is 7.23. The summed E-state index contributed by atoms with van der Waals surface area (Å²) in [6.07, 6.45) is 8.57. The molecule has 1 fully saturated rings. The Kier molecular flexibility index (Phi) is 4.31. The van der Waals surface area contributed by atoms with Crippen molar-refractivity contribution in [1.82, 2.24) is 4.98 Å². The first kappa shape index (κ1) is 16.3. The lowest BCUT2D eigenvalue weighted by atomic mass is 9.82. The van der Waals surface area contributed by atoms with Crippen molar-refractivity contribution in [3.05, 3.63) is 52.8 Å². The van der Waals surface area contributed by atoms with Gasteiger partial charge in [-0.25, -0.2) is 0 Å². The number of benzene rings is 1. The van der Waals surface area contributed by atoms with Gasteiger partial charge in [0, 0.05) is 18.4 Å². The molecule has 3 heteroatoms. The van der Waals surface area contributed by atoms with E-state index in [0.717, 1.165) is 60.9 Å². The highest BCUT2D eigenvalue weighted by molar-refractivity contribution is 5.76. The van der Waals surface area contributed by atoms with Gasteiger partial charge in [-0.2, -0.15) is 5.26 Å². The van der Waals surface area contributed by atoms with Crippen molar-refractivity contribution in [1.29, 1.82) is 5.26 Å². The first-order chi connectivity index (χ1) is 12.3. The number of nitriles is 1. The average molecular weight is 332 g/mol. The van der Waals surface area contributed by atoms with Crippen molar-refractivity contribution < 1.29 is 4.74 Å². The number of rotatable bonds is 3. The fourth-order valence-electron chi connectivity index (χ4n) is 4.59. The van der Waals surface area contributed by atoms with Crippen molar-refractivity contribution in [2.24, 2.45) is 0 Å². The van der Waals surface area contributed by atoms with E-state index in [0.29, 0.717) is 0 Å². The maximum Gasteiger partial charge on any atom is 0.111 e. The number of aromatic nitrogens is 1. The predicted octanol–water partition coefficient (Wildman–Crippen LogP) is 4.91. The molecular formula is C22H24N2O. The smallest absolute Gasteiger partial charge is 0.111 e. The van der Waals surface area contributed by atoms with Gasteiger partial charge in [0.25, 0.3) is 0 Å². The van der Waals surface area contributed by atoms with Crippen LogP contribution >= 0.6 is 0 Å². The molecule has 0 N–H and O–H groups in total. The van der Waals surface area contributed by atoms with E-state index in [1.54, 1.807) is 7.11 Å². The van der Waals surface area contributed by atoms with Crippen LogP contribution in [0.25, 0.3) is 11.1 Å². The Morgan fingerprint density at radius 1 is 1.04 bits per heavy atom. The van der Waals surface area contributed by atoms with Crippen LogP contribution in [0.4, 0.5) is 0 Å². The Balaban J connectivity index is 2.02. The Morgan fingerprint density at radius 2 is 1.76 bits per heavy atom. The third kappa shape index (κ3) is 2.65. The van der Waals surface area contributed by atoms with Gasteiger partial charge in [0.2, 0.25) is 0 Å². The average Bonchev–Trinajstić information content (AvgIpc) is 3.17. The van der Waals surface area contributed by atoms with Gasteiger partial charge in [-0.15, -0.1) is 0 Å². The fourth-order valence-corrected chi connectivity index (χ4v) is 4.59. The van der Waals surface area contributed by atoms with Gasteiger partial charge in [0.15, 0.2) is 0 Å². The van der Waals surface area contributed by atoms with Gasteiger partial charge in [-0.1, -0.05) is 43.2 Å². The van der Waals surface area contributed by atoms with Crippen molar-refractivity contribution >= 4 is 0 Å². The Hall–Kier alpha value is -2.18. The van der Waals surface area contributed by atoms with Crippen LogP contribution in [0.15, 0.2) is 30.3 Å². The monoisotopic (exact) mass is 332 g/mol. The van der Waals surface area contributed by atoms with E-state index >= 15 is 0 Å². The van der Waals surface area contributed by atoms with Gasteiger partial charge >= 0.3 is 0 Å². The molecule has 2 aliphatic carbocycles. The normalized spacial score (nSPS) is 18.6. The molecule has 4 rings (SSSR count). The number of ether oxygens (including phenoxy) is 1. The van der Waals surface area contributed by atoms with Gasteiger partial charge in [-0.3, -0.25) is 4.98 Å². The topological polar surface area (TPSA) is 45.9 Å². The third-order valence-electron chi connectivity index (χ3n) is 5.88. The molecule has 0 amide bonds. The van der Waals surface area contributed by atoms with Crippen LogP contribution in [-0.2, 0) is 23.2 Å². The van der Waals surface area contributed by atoms with Gasteiger partial charge in [0.05, 0.1) is 11.3 Å². The molecule has 0 saturated heterocycles. The van der Waals surface area contributed by atoms with E-state index < -0.39 is 0 Å². The predicted molar refractivity (Wildman–Crippen MR) is 98.2 cm³/mol. The van der Waals surface area contributed by atoms with Crippen molar-refractivity contribution in [2.75, 3.05) is 7.11 Å². The minimum atomic E-state index is -0.388. The molecule has 0 radical (unpaired) electrons. The Bertz CT molecular complexity index is 814. The highest BCUT2D eigenvalue weighted by atomic mass is 16.5. The summed E-state index contributed by atoms with van der Waals surface area (Å²) in [4.78, 5) is 5.05. The van der Waals surface area contributed by atoms with Gasteiger partial charge in [-0.05, 0) is 49.7 Å². The zero-order valence-corrected chi connectivity index (χ0v) is 14.8. The fraction of sp³-hybridized carbons (Fsp3) is 0.455. The third-order valence-corrected chi connectivity index (χ3v) is 5.88. The summed E-state index contributed by atoms with van der Waals surface area (Å²) in [5.41, 5.74) is 5.92. The molecule has 1 aromatic carbocycles. The van der Waals surface area contributed by atoms with Crippen LogP contribution < -0.4 is 0 Å². The first-order valence-corrected chi connectivity index (χ1v) is 9.36. The van der Waals surface area contributed by atoms with E-state index in [2.05, 4.69) is 18.2 Å². The molecule has 0 unspecified atom stereocenters. The molecule has 0 aliphatic heterocycles. The lowest BCUT2D eigenvalue weighted by molar-refractivity contribution is -0.0127. The molecule has 1 saturated carbocycles. The molecule has 0 atom stereocenters. The lowest BCUT2D eigenvalue weighted by Gasteiger charge is -2.31. The van der Waals surface area contributed by atoms with Crippen LogP contribution in [0.3, 0.4) is 0 Å².